The van der Waals surface area contributed by atoms with E-state index in [4.69, 9.17) is 23.0 Å². The molecule has 6 heteroatoms. The van der Waals surface area contributed by atoms with E-state index < -0.39 is 5.63 Å². The number of hydrogen-bond acceptors (Lipinski definition) is 6. The molecule has 104 valence electrons. The molecule has 2 aromatic heterocycles. The van der Waals surface area contributed by atoms with Gasteiger partial charge in [0.05, 0.1) is 39.0 Å². The summed E-state index contributed by atoms with van der Waals surface area (Å²) >= 11 is 0. The van der Waals surface area contributed by atoms with Crippen molar-refractivity contribution < 1.29 is 23.0 Å². The van der Waals surface area contributed by atoms with Crippen molar-refractivity contribution in [1.82, 2.24) is 0 Å². The van der Waals surface area contributed by atoms with Crippen LogP contribution in [-0.4, -0.2) is 21.3 Å². The Morgan fingerprint density at radius 2 is 1.75 bits per heavy atom. The zero-order valence-electron chi connectivity index (χ0n) is 11.2. The molecule has 0 saturated carbocycles. The molecule has 3 aromatic rings. The molecule has 0 radical (unpaired) electrons. The van der Waals surface area contributed by atoms with Crippen LogP contribution in [0, 0.1) is 0 Å². The maximum absolute atomic E-state index is 11.6. The van der Waals surface area contributed by atoms with Gasteiger partial charge >= 0.3 is 5.63 Å². The molecule has 0 amide bonds. The average Bonchev–Trinajstić information content (AvgIpc) is 2.92. The van der Waals surface area contributed by atoms with E-state index in [-0.39, 0.29) is 5.58 Å². The smallest absolute Gasteiger partial charge is 0.340 e. The Bertz CT molecular complexity index is 842. The summed E-state index contributed by atoms with van der Waals surface area (Å²) in [4.78, 5) is 11.6. The molecule has 0 bridgehead atoms. The van der Waals surface area contributed by atoms with Gasteiger partial charge in [-0.25, -0.2) is 4.79 Å². The minimum absolute atomic E-state index is 0.233. The lowest BCUT2D eigenvalue weighted by Crippen LogP contribution is -2.01. The van der Waals surface area contributed by atoms with Crippen molar-refractivity contribution in [2.75, 3.05) is 21.3 Å². The third-order valence-electron chi connectivity index (χ3n) is 3.10. The molecular formula is C14H12O6. The molecule has 20 heavy (non-hydrogen) atoms. The van der Waals surface area contributed by atoms with Crippen LogP contribution in [-0.2, 0) is 0 Å². The average molecular weight is 276 g/mol. The standard InChI is InChI=1S/C14H12O6/c1-16-8-6-9(15)20-13-10(8)11(17-2)7-4-5-19-12(7)14(13)18-3/h4-6H,1-3H3. The SMILES string of the molecule is COc1c2occc2c(OC)c2c(OC)cc(=O)oc12. The van der Waals surface area contributed by atoms with Crippen molar-refractivity contribution in [2.45, 2.75) is 0 Å². The van der Waals surface area contributed by atoms with Crippen molar-refractivity contribution in [3.05, 3.63) is 28.8 Å². The van der Waals surface area contributed by atoms with Gasteiger partial charge in [0.25, 0.3) is 0 Å². The van der Waals surface area contributed by atoms with Crippen LogP contribution in [0.3, 0.4) is 0 Å². The topological polar surface area (TPSA) is 71.0 Å². The predicted octanol–water partition coefficient (Wildman–Crippen LogP) is 2.57. The fraction of sp³-hybridized carbons (Fsp3) is 0.214. The van der Waals surface area contributed by atoms with Gasteiger partial charge < -0.3 is 23.0 Å². The molecule has 6 nitrogen and oxygen atoms in total. The minimum atomic E-state index is -0.541. The predicted molar refractivity (Wildman–Crippen MR) is 71.9 cm³/mol. The van der Waals surface area contributed by atoms with E-state index in [1.54, 1.807) is 6.07 Å². The Labute approximate surface area is 113 Å². The van der Waals surface area contributed by atoms with Crippen LogP contribution >= 0.6 is 0 Å². The number of benzene rings is 1. The van der Waals surface area contributed by atoms with Crippen LogP contribution in [0.2, 0.25) is 0 Å². The first-order chi connectivity index (χ1) is 9.71. The minimum Gasteiger partial charge on any atom is -0.496 e. The molecular weight excluding hydrogens is 264 g/mol. The molecule has 0 saturated heterocycles. The lowest BCUT2D eigenvalue weighted by Gasteiger charge is -2.12. The van der Waals surface area contributed by atoms with Gasteiger partial charge in [-0.1, -0.05) is 0 Å². The summed E-state index contributed by atoms with van der Waals surface area (Å²) in [7, 11) is 4.47. The van der Waals surface area contributed by atoms with Crippen molar-refractivity contribution in [2.24, 2.45) is 0 Å². The Morgan fingerprint density at radius 1 is 1.00 bits per heavy atom. The molecule has 3 rings (SSSR count). The fourth-order valence-electron chi connectivity index (χ4n) is 2.31. The third-order valence-corrected chi connectivity index (χ3v) is 3.10. The summed E-state index contributed by atoms with van der Waals surface area (Å²) in [6.45, 7) is 0. The number of furan rings is 1. The molecule has 0 unspecified atom stereocenters. The normalized spacial score (nSPS) is 10.9. The Balaban J connectivity index is 2.66. The highest BCUT2D eigenvalue weighted by atomic mass is 16.5. The van der Waals surface area contributed by atoms with E-state index in [0.717, 1.165) is 0 Å². The number of methoxy groups -OCH3 is 3. The van der Waals surface area contributed by atoms with Gasteiger partial charge in [-0.05, 0) is 6.07 Å². The van der Waals surface area contributed by atoms with Crippen molar-refractivity contribution in [3.8, 4) is 17.2 Å². The number of hydrogen-bond donors (Lipinski definition) is 0. The highest BCUT2D eigenvalue weighted by Crippen LogP contribution is 2.45. The van der Waals surface area contributed by atoms with Crippen molar-refractivity contribution >= 4 is 21.9 Å². The second-order valence-electron chi connectivity index (χ2n) is 4.07. The van der Waals surface area contributed by atoms with Crippen LogP contribution < -0.4 is 19.8 Å². The second kappa shape index (κ2) is 4.48. The number of fused-ring (bicyclic) bond motifs is 2. The molecule has 0 aliphatic heterocycles. The quantitative estimate of drug-likeness (QED) is 0.685. The second-order valence-corrected chi connectivity index (χ2v) is 4.07. The Morgan fingerprint density at radius 3 is 2.40 bits per heavy atom. The largest absolute Gasteiger partial charge is 0.496 e. The van der Waals surface area contributed by atoms with Gasteiger partial charge in [-0.3, -0.25) is 0 Å². The monoisotopic (exact) mass is 276 g/mol. The Hall–Kier alpha value is -2.63. The van der Waals surface area contributed by atoms with Crippen LogP contribution in [0.25, 0.3) is 21.9 Å². The maximum Gasteiger partial charge on any atom is 0.340 e. The van der Waals surface area contributed by atoms with E-state index in [0.29, 0.717) is 33.6 Å². The molecule has 0 aliphatic rings. The molecule has 0 atom stereocenters. The first-order valence-corrected chi connectivity index (χ1v) is 5.84. The molecule has 0 spiro atoms. The van der Waals surface area contributed by atoms with E-state index in [1.165, 1.54) is 33.7 Å². The summed E-state index contributed by atoms with van der Waals surface area (Å²) < 4.78 is 26.6. The van der Waals surface area contributed by atoms with Crippen LogP contribution in [0.5, 0.6) is 17.2 Å². The molecule has 0 aliphatic carbocycles. The molecule has 2 heterocycles. The first kappa shape index (κ1) is 12.4. The maximum atomic E-state index is 11.6. The van der Waals surface area contributed by atoms with Crippen molar-refractivity contribution in [3.63, 3.8) is 0 Å². The summed E-state index contributed by atoms with van der Waals surface area (Å²) in [5.74, 6) is 1.19. The van der Waals surface area contributed by atoms with E-state index in [2.05, 4.69) is 0 Å². The highest BCUT2D eigenvalue weighted by molar-refractivity contribution is 6.08. The highest BCUT2D eigenvalue weighted by Gasteiger charge is 2.23. The zero-order valence-corrected chi connectivity index (χ0v) is 11.2. The summed E-state index contributed by atoms with van der Waals surface area (Å²) in [6, 6.07) is 3.01. The van der Waals surface area contributed by atoms with Gasteiger partial charge in [-0.2, -0.15) is 0 Å². The Kier molecular flexibility index (Phi) is 2.78. The van der Waals surface area contributed by atoms with Crippen LogP contribution in [0.4, 0.5) is 0 Å². The summed E-state index contributed by atoms with van der Waals surface area (Å²) in [6.07, 6.45) is 1.51. The van der Waals surface area contributed by atoms with Gasteiger partial charge in [0, 0.05) is 0 Å². The zero-order chi connectivity index (χ0) is 14.3. The lowest BCUT2D eigenvalue weighted by molar-refractivity contribution is 0.388. The van der Waals surface area contributed by atoms with Crippen LogP contribution in [0.1, 0.15) is 0 Å². The van der Waals surface area contributed by atoms with E-state index in [1.807, 2.05) is 0 Å². The number of ether oxygens (including phenoxy) is 3. The molecule has 1 aromatic carbocycles. The summed E-state index contributed by atoms with van der Waals surface area (Å²) in [5, 5.41) is 1.24. The van der Waals surface area contributed by atoms with Gasteiger partial charge in [0.1, 0.15) is 16.9 Å². The van der Waals surface area contributed by atoms with Crippen molar-refractivity contribution in [1.29, 1.82) is 0 Å². The van der Waals surface area contributed by atoms with Gasteiger partial charge in [-0.15, -0.1) is 0 Å². The summed E-state index contributed by atoms with van der Waals surface area (Å²) in [5.41, 5.74) is 0.144. The van der Waals surface area contributed by atoms with Crippen LogP contribution in [0.15, 0.2) is 32.0 Å². The third kappa shape index (κ3) is 1.54. The van der Waals surface area contributed by atoms with Gasteiger partial charge in [0.2, 0.25) is 5.75 Å². The van der Waals surface area contributed by atoms with E-state index >= 15 is 0 Å². The number of rotatable bonds is 3. The first-order valence-electron chi connectivity index (χ1n) is 5.84. The molecule has 0 N–H and O–H groups in total. The fourth-order valence-corrected chi connectivity index (χ4v) is 2.31. The molecule has 0 fully saturated rings. The van der Waals surface area contributed by atoms with E-state index in [9.17, 15) is 4.79 Å². The van der Waals surface area contributed by atoms with Gasteiger partial charge in [0.15, 0.2) is 11.2 Å². The lowest BCUT2D eigenvalue weighted by atomic mass is 10.1.